The lowest BCUT2D eigenvalue weighted by atomic mass is 9.78. The normalized spacial score (nSPS) is 35.5. The number of aliphatic hydroxyl groups is 1. The Morgan fingerprint density at radius 2 is 1.84 bits per heavy atom. The van der Waals surface area contributed by atoms with Crippen molar-refractivity contribution in [2.75, 3.05) is 32.5 Å². The van der Waals surface area contributed by atoms with Gasteiger partial charge < -0.3 is 50.3 Å². The van der Waals surface area contributed by atoms with Crippen molar-refractivity contribution in [3.05, 3.63) is 30.5 Å². The number of Topliss-reactive ketones (excluding diaryl/α,β-unsaturated/α-hetero) is 1. The van der Waals surface area contributed by atoms with Crippen LogP contribution < -0.4 is 16.4 Å². The molecule has 2 unspecified atom stereocenters. The van der Waals surface area contributed by atoms with E-state index in [-0.39, 0.29) is 18.5 Å². The molecule has 1 amide bonds. The molecule has 0 bridgehead atoms. The molecule has 3 aliphatic heterocycles. The van der Waals surface area contributed by atoms with Crippen molar-refractivity contribution in [3.8, 4) is 11.3 Å². The molecule has 18 heteroatoms. The number of ketones is 1. The van der Waals surface area contributed by atoms with Gasteiger partial charge in [0.25, 0.3) is 0 Å². The van der Waals surface area contributed by atoms with Gasteiger partial charge in [-0.25, -0.2) is 4.79 Å². The molecule has 6 N–H and O–H groups in total. The summed E-state index contributed by atoms with van der Waals surface area (Å²) in [6, 6.07) is 5.89. The van der Waals surface area contributed by atoms with Crippen molar-refractivity contribution in [3.63, 3.8) is 0 Å². The number of methoxy groups -OCH3 is 1. The van der Waals surface area contributed by atoms with Crippen LogP contribution in [0.3, 0.4) is 0 Å². The number of esters is 1. The van der Waals surface area contributed by atoms with Crippen LogP contribution in [-0.4, -0.2) is 141 Å². The SMILES string of the molecule is CC[C@H]1OC(=O)[C@H](C)C(=O)[C@H](C)[C@@H](O[C@@H]2O[C@H](C)CC(NCC(=O)O)C2O)[C@](C)(OC)C[C@@H](C)CN[C@H](C)[C@H]2N(CCCCn3cc(-c4cccc(N)c4)nn3)C(=O)O[C@]12C. The molecule has 1 aromatic carbocycles. The highest BCUT2D eigenvalue weighted by Crippen LogP contribution is 2.40. The Morgan fingerprint density at radius 3 is 2.51 bits per heavy atom. The van der Waals surface area contributed by atoms with Crippen LogP contribution in [0.15, 0.2) is 30.5 Å². The predicted octanol–water partition coefficient (Wildman–Crippen LogP) is 3.40. The quantitative estimate of drug-likeness (QED) is 0.0840. The number of benzene rings is 1. The summed E-state index contributed by atoms with van der Waals surface area (Å²) in [5, 5.41) is 35.7. The van der Waals surface area contributed by atoms with Gasteiger partial charge >= 0.3 is 18.0 Å². The number of aliphatic hydroxyl groups excluding tert-OH is 1. The third-order valence-corrected chi connectivity index (χ3v) is 12.7. The fraction of sp³-hybridized carbons (Fsp3) is 0.721. The number of fused-ring (bicyclic) bond motifs is 1. The second kappa shape index (κ2) is 20.3. The maximum atomic E-state index is 14.4. The lowest BCUT2D eigenvalue weighted by molar-refractivity contribution is -0.290. The number of amides is 1. The zero-order valence-corrected chi connectivity index (χ0v) is 37.0. The average Bonchev–Trinajstić information content (AvgIpc) is 3.80. The minimum atomic E-state index is -1.27. The summed E-state index contributed by atoms with van der Waals surface area (Å²) in [6.45, 7) is 15.5. The molecule has 13 atom stereocenters. The number of hydrogen-bond donors (Lipinski definition) is 5. The molecule has 3 saturated heterocycles. The standard InChI is InChI=1S/C43H67N7O11/c1-10-33-43(8)37(50(41(56)61-43)17-12-11-16-49-23-32(47-48-49)29-14-13-15-30(44)19-29)28(6)45-21-24(2)20-42(7,57-9)38(26(4)35(53)27(5)39(55)59-33)60-40-36(54)31(18-25(3)58-40)46-22-34(51)52/h13-15,19,23-28,31,33,36-38,40,45-46,54H,10-12,16-18,20-22,44H2,1-9H3,(H,51,52)/t24-,25-,26+,27-,28-,31?,33-,36?,37-,38-,40+,42-,43-/m1/s1. The second-order valence-corrected chi connectivity index (χ2v) is 17.6. The maximum absolute atomic E-state index is 14.4. The first-order valence-corrected chi connectivity index (χ1v) is 21.5. The van der Waals surface area contributed by atoms with Crippen molar-refractivity contribution in [1.29, 1.82) is 0 Å². The highest BCUT2D eigenvalue weighted by molar-refractivity contribution is 6.00. The molecular formula is C43H67N7O11. The Hall–Kier alpha value is -4.20. The molecule has 0 spiro atoms. The molecule has 5 rings (SSSR count). The Morgan fingerprint density at radius 1 is 1.11 bits per heavy atom. The summed E-state index contributed by atoms with van der Waals surface area (Å²) >= 11 is 0. The van der Waals surface area contributed by atoms with Gasteiger partial charge in [0.15, 0.2) is 17.7 Å². The number of carboxylic acid groups (broad SMARTS) is 1. The van der Waals surface area contributed by atoms with Crippen LogP contribution in [0.25, 0.3) is 11.3 Å². The van der Waals surface area contributed by atoms with Gasteiger partial charge in [-0.2, -0.15) is 0 Å². The van der Waals surface area contributed by atoms with Gasteiger partial charge in [-0.05, 0) is 91.3 Å². The van der Waals surface area contributed by atoms with Gasteiger partial charge in [-0.3, -0.25) is 24.0 Å². The molecule has 1 aromatic heterocycles. The van der Waals surface area contributed by atoms with E-state index in [0.29, 0.717) is 63.1 Å². The van der Waals surface area contributed by atoms with E-state index in [1.165, 1.54) is 14.0 Å². The van der Waals surface area contributed by atoms with E-state index in [0.717, 1.165) is 5.56 Å². The number of ether oxygens (including phenoxy) is 5. The van der Waals surface area contributed by atoms with Gasteiger partial charge in [0, 0.05) is 49.5 Å². The molecular weight excluding hydrogens is 791 g/mol. The van der Waals surface area contributed by atoms with E-state index in [1.54, 1.807) is 30.4 Å². The number of carboxylic acids is 1. The molecule has 0 saturated carbocycles. The number of cyclic esters (lactones) is 1. The predicted molar refractivity (Wildman–Crippen MR) is 224 cm³/mol. The number of unbranched alkanes of at least 4 members (excludes halogenated alkanes) is 1. The number of anilines is 1. The number of aryl methyl sites for hydroxylation is 1. The summed E-state index contributed by atoms with van der Waals surface area (Å²) in [6.07, 6.45) is -1.16. The number of carbonyl (C=O) groups excluding carboxylic acids is 3. The van der Waals surface area contributed by atoms with E-state index in [1.807, 2.05) is 58.2 Å². The zero-order valence-electron chi connectivity index (χ0n) is 37.0. The molecule has 340 valence electrons. The van der Waals surface area contributed by atoms with Crippen molar-refractivity contribution >= 4 is 29.5 Å². The van der Waals surface area contributed by atoms with Crippen LogP contribution >= 0.6 is 0 Å². The fourth-order valence-electron chi connectivity index (χ4n) is 9.38. The van der Waals surface area contributed by atoms with Crippen molar-refractivity contribution in [2.45, 2.75) is 154 Å². The van der Waals surface area contributed by atoms with Crippen LogP contribution in [0.5, 0.6) is 0 Å². The van der Waals surface area contributed by atoms with Crippen LogP contribution in [0, 0.1) is 17.8 Å². The largest absolute Gasteiger partial charge is 0.480 e. The van der Waals surface area contributed by atoms with Gasteiger partial charge in [0.2, 0.25) is 0 Å². The number of hydrogen-bond acceptors (Lipinski definition) is 15. The summed E-state index contributed by atoms with van der Waals surface area (Å²) in [5.41, 5.74) is 5.76. The van der Waals surface area contributed by atoms with Crippen molar-refractivity contribution in [2.24, 2.45) is 17.8 Å². The minimum absolute atomic E-state index is 0.0815. The third-order valence-electron chi connectivity index (χ3n) is 12.7. The third kappa shape index (κ3) is 11.1. The lowest BCUT2D eigenvalue weighted by Crippen LogP contribution is -2.61. The molecule has 0 aliphatic carbocycles. The van der Waals surface area contributed by atoms with Gasteiger partial charge in [-0.15, -0.1) is 5.10 Å². The first kappa shape index (κ1) is 47.8. The Labute approximate surface area is 358 Å². The number of nitrogen functional groups attached to an aromatic ring is 1. The van der Waals surface area contributed by atoms with Crippen LogP contribution in [0.2, 0.25) is 0 Å². The monoisotopic (exact) mass is 857 g/mol. The topological polar surface area (TPSA) is 239 Å². The number of carbonyl (C=O) groups is 4. The number of nitrogens with two attached hydrogens (primary N) is 1. The molecule has 0 radical (unpaired) electrons. The zero-order chi connectivity index (χ0) is 44.8. The molecule has 2 aromatic rings. The summed E-state index contributed by atoms with van der Waals surface area (Å²) in [4.78, 5) is 55.3. The van der Waals surface area contributed by atoms with E-state index < -0.39 is 89.6 Å². The first-order valence-electron chi connectivity index (χ1n) is 21.5. The maximum Gasteiger partial charge on any atom is 0.410 e. The summed E-state index contributed by atoms with van der Waals surface area (Å²) in [5.74, 6) is -4.61. The molecule has 61 heavy (non-hydrogen) atoms. The number of aliphatic carboxylic acids is 1. The minimum Gasteiger partial charge on any atom is -0.480 e. The van der Waals surface area contributed by atoms with Crippen LogP contribution in [0.1, 0.15) is 87.5 Å². The second-order valence-electron chi connectivity index (χ2n) is 17.6. The molecule has 3 aliphatic rings. The van der Waals surface area contributed by atoms with E-state index in [9.17, 15) is 29.4 Å². The van der Waals surface area contributed by atoms with Crippen molar-refractivity contribution in [1.82, 2.24) is 30.5 Å². The van der Waals surface area contributed by atoms with Gasteiger partial charge in [0.1, 0.15) is 23.8 Å². The Kier molecular flexibility index (Phi) is 15.9. The van der Waals surface area contributed by atoms with E-state index >= 15 is 0 Å². The summed E-state index contributed by atoms with van der Waals surface area (Å²) in [7, 11) is 1.53. The molecule has 18 nitrogen and oxygen atoms in total. The highest BCUT2D eigenvalue weighted by Gasteiger charge is 2.58. The Bertz CT molecular complexity index is 1830. The Balaban J connectivity index is 1.37. The number of rotatable bonds is 13. The van der Waals surface area contributed by atoms with Gasteiger partial charge in [0.05, 0.1) is 36.6 Å². The van der Waals surface area contributed by atoms with E-state index in [2.05, 4.69) is 20.9 Å². The average molecular weight is 858 g/mol. The fourth-order valence-corrected chi connectivity index (χ4v) is 9.38. The number of nitrogens with zero attached hydrogens (tertiary/aromatic N) is 4. The smallest absolute Gasteiger partial charge is 0.410 e. The highest BCUT2D eigenvalue weighted by atomic mass is 16.7. The number of aromatic nitrogens is 3. The lowest BCUT2D eigenvalue weighted by Gasteiger charge is -2.46. The number of nitrogens with one attached hydrogen (secondary N) is 2. The van der Waals surface area contributed by atoms with E-state index in [4.69, 9.17) is 29.4 Å². The van der Waals surface area contributed by atoms with Crippen LogP contribution in [0.4, 0.5) is 10.5 Å². The molecule has 3 fully saturated rings. The van der Waals surface area contributed by atoms with Gasteiger partial charge in [-0.1, -0.05) is 38.1 Å². The van der Waals surface area contributed by atoms with Crippen molar-refractivity contribution < 1.29 is 53.1 Å². The first-order chi connectivity index (χ1) is 28.8. The molecule has 4 heterocycles. The summed E-state index contributed by atoms with van der Waals surface area (Å²) < 4.78 is 33.0. The van der Waals surface area contributed by atoms with Crippen LogP contribution in [-0.2, 0) is 44.6 Å².